The molecule has 2 aromatic rings. The number of benzene rings is 1. The molecule has 1 heterocycles. The molecule has 0 saturated carbocycles. The first-order valence-corrected chi connectivity index (χ1v) is 5.17. The molecule has 0 unspecified atom stereocenters. The molecule has 1 aromatic heterocycles. The van der Waals surface area contributed by atoms with Gasteiger partial charge < -0.3 is 4.85 Å². The van der Waals surface area contributed by atoms with E-state index in [9.17, 15) is 0 Å². The van der Waals surface area contributed by atoms with Crippen molar-refractivity contribution >= 4 is 16.9 Å². The minimum Gasteiger partial charge on any atom is -0.359 e. The first kappa shape index (κ1) is 10.6. The SMILES string of the molecule is [C-]#[N+]c1nc2ccccc2nc1C(C)(C)C. The summed E-state index contributed by atoms with van der Waals surface area (Å²) in [6.45, 7) is 13.3. The average Bonchev–Trinajstić information content (AvgIpc) is 2.26. The van der Waals surface area contributed by atoms with Crippen LogP contribution >= 0.6 is 0 Å². The van der Waals surface area contributed by atoms with Crippen LogP contribution in [0.25, 0.3) is 15.9 Å². The summed E-state index contributed by atoms with van der Waals surface area (Å²) in [4.78, 5) is 12.3. The predicted molar refractivity (Wildman–Crippen MR) is 64.5 cm³/mol. The maximum Gasteiger partial charge on any atom is 0.292 e. The van der Waals surface area contributed by atoms with Crippen molar-refractivity contribution < 1.29 is 0 Å². The molecule has 0 spiro atoms. The zero-order valence-corrected chi connectivity index (χ0v) is 9.65. The molecule has 16 heavy (non-hydrogen) atoms. The highest BCUT2D eigenvalue weighted by molar-refractivity contribution is 5.76. The van der Waals surface area contributed by atoms with E-state index in [1.807, 2.05) is 45.0 Å². The molecule has 0 fully saturated rings. The van der Waals surface area contributed by atoms with E-state index in [-0.39, 0.29) is 5.41 Å². The third-order valence-corrected chi connectivity index (χ3v) is 2.37. The highest BCUT2D eigenvalue weighted by atomic mass is 14.9. The van der Waals surface area contributed by atoms with Gasteiger partial charge in [0.15, 0.2) is 5.52 Å². The molecule has 0 aliphatic carbocycles. The molecule has 0 saturated heterocycles. The fraction of sp³-hybridized carbons (Fsp3) is 0.308. The maximum atomic E-state index is 7.16. The summed E-state index contributed by atoms with van der Waals surface area (Å²) < 4.78 is 0. The molecular formula is C13H13N3. The van der Waals surface area contributed by atoms with Gasteiger partial charge in [-0.25, -0.2) is 0 Å². The topological polar surface area (TPSA) is 30.1 Å². The number of aromatic nitrogens is 2. The second-order valence-electron chi connectivity index (χ2n) is 4.75. The van der Waals surface area contributed by atoms with Crippen molar-refractivity contribution in [1.82, 2.24) is 9.97 Å². The highest BCUT2D eigenvalue weighted by Gasteiger charge is 2.22. The summed E-state index contributed by atoms with van der Waals surface area (Å²) in [6, 6.07) is 7.64. The van der Waals surface area contributed by atoms with Crippen LogP contribution in [-0.2, 0) is 5.41 Å². The van der Waals surface area contributed by atoms with Crippen molar-refractivity contribution in [1.29, 1.82) is 0 Å². The summed E-state index contributed by atoms with van der Waals surface area (Å²) in [7, 11) is 0. The lowest BCUT2D eigenvalue weighted by atomic mass is 9.91. The van der Waals surface area contributed by atoms with E-state index in [4.69, 9.17) is 6.57 Å². The number of hydrogen-bond acceptors (Lipinski definition) is 2. The van der Waals surface area contributed by atoms with E-state index in [1.165, 1.54) is 0 Å². The second-order valence-corrected chi connectivity index (χ2v) is 4.75. The van der Waals surface area contributed by atoms with Gasteiger partial charge in [0.1, 0.15) is 5.52 Å². The third kappa shape index (κ3) is 1.74. The van der Waals surface area contributed by atoms with Crippen molar-refractivity contribution in [2.75, 3.05) is 0 Å². The second kappa shape index (κ2) is 3.57. The van der Waals surface area contributed by atoms with Gasteiger partial charge in [0.05, 0.1) is 5.69 Å². The summed E-state index contributed by atoms with van der Waals surface area (Å²) in [5, 5.41) is 0. The highest BCUT2D eigenvalue weighted by Crippen LogP contribution is 2.29. The lowest BCUT2D eigenvalue weighted by Gasteiger charge is -2.18. The van der Waals surface area contributed by atoms with Crippen molar-refractivity contribution in [2.24, 2.45) is 0 Å². The Bertz CT molecular complexity index is 574. The lowest BCUT2D eigenvalue weighted by molar-refractivity contribution is 0.572. The normalized spacial score (nSPS) is 11.4. The Labute approximate surface area is 95.0 Å². The maximum absolute atomic E-state index is 7.16. The van der Waals surface area contributed by atoms with Gasteiger partial charge in [0, 0.05) is 0 Å². The van der Waals surface area contributed by atoms with Gasteiger partial charge in [-0.2, -0.15) is 0 Å². The molecule has 2 rings (SSSR count). The minimum atomic E-state index is -0.156. The monoisotopic (exact) mass is 211 g/mol. The van der Waals surface area contributed by atoms with Crippen LogP contribution in [0.1, 0.15) is 26.5 Å². The summed E-state index contributed by atoms with van der Waals surface area (Å²) in [5.74, 6) is 0.409. The molecule has 0 aliphatic rings. The van der Waals surface area contributed by atoms with E-state index in [0.29, 0.717) is 5.82 Å². The van der Waals surface area contributed by atoms with E-state index >= 15 is 0 Å². The Hall–Kier alpha value is -1.95. The first-order valence-electron chi connectivity index (χ1n) is 5.17. The van der Waals surface area contributed by atoms with E-state index in [0.717, 1.165) is 16.7 Å². The zero-order chi connectivity index (χ0) is 11.8. The molecule has 1 aromatic carbocycles. The molecule has 80 valence electrons. The van der Waals surface area contributed by atoms with Gasteiger partial charge >= 0.3 is 0 Å². The van der Waals surface area contributed by atoms with Crippen LogP contribution in [0.5, 0.6) is 0 Å². The Morgan fingerprint density at radius 1 is 1.06 bits per heavy atom. The van der Waals surface area contributed by atoms with Crippen LogP contribution in [0, 0.1) is 6.57 Å². The van der Waals surface area contributed by atoms with Gasteiger partial charge in [-0.15, -0.1) is 4.98 Å². The van der Waals surface area contributed by atoms with Crippen LogP contribution in [-0.4, -0.2) is 9.97 Å². The lowest BCUT2D eigenvalue weighted by Crippen LogP contribution is -2.14. The van der Waals surface area contributed by atoms with Crippen molar-refractivity contribution in [2.45, 2.75) is 26.2 Å². The molecule has 0 amide bonds. The molecule has 0 radical (unpaired) electrons. The Morgan fingerprint density at radius 2 is 1.62 bits per heavy atom. The summed E-state index contributed by atoms with van der Waals surface area (Å²) in [6.07, 6.45) is 0. The van der Waals surface area contributed by atoms with Gasteiger partial charge in [-0.05, 0) is 17.5 Å². The smallest absolute Gasteiger partial charge is 0.292 e. The number of fused-ring (bicyclic) bond motifs is 1. The van der Waals surface area contributed by atoms with Gasteiger partial charge in [-0.1, -0.05) is 39.5 Å². The Morgan fingerprint density at radius 3 is 2.12 bits per heavy atom. The van der Waals surface area contributed by atoms with Crippen LogP contribution in [0.3, 0.4) is 0 Å². The van der Waals surface area contributed by atoms with E-state index in [1.54, 1.807) is 0 Å². The zero-order valence-electron chi connectivity index (χ0n) is 9.65. The number of nitrogens with zero attached hydrogens (tertiary/aromatic N) is 3. The van der Waals surface area contributed by atoms with Crippen LogP contribution in [0.15, 0.2) is 24.3 Å². The standard InChI is InChI=1S/C13H13N3/c1-13(2,3)11-12(14-4)16-10-8-6-5-7-9(10)15-11/h5-8H,1-3H3. The number of rotatable bonds is 0. The Balaban J connectivity index is 2.79. The fourth-order valence-corrected chi connectivity index (χ4v) is 1.57. The Kier molecular flexibility index (Phi) is 2.35. The summed E-state index contributed by atoms with van der Waals surface area (Å²) >= 11 is 0. The predicted octanol–water partition coefficient (Wildman–Crippen LogP) is 3.48. The molecule has 0 N–H and O–H groups in total. The van der Waals surface area contributed by atoms with E-state index in [2.05, 4.69) is 14.8 Å². The van der Waals surface area contributed by atoms with Gasteiger partial charge in [0.2, 0.25) is 0 Å². The molecule has 0 bridgehead atoms. The van der Waals surface area contributed by atoms with Crippen LogP contribution < -0.4 is 0 Å². The van der Waals surface area contributed by atoms with E-state index < -0.39 is 0 Å². The van der Waals surface area contributed by atoms with Crippen molar-refractivity contribution in [3.63, 3.8) is 0 Å². The quantitative estimate of drug-likeness (QED) is 0.624. The largest absolute Gasteiger partial charge is 0.359 e. The number of para-hydroxylation sites is 2. The fourth-order valence-electron chi connectivity index (χ4n) is 1.57. The molecule has 3 nitrogen and oxygen atoms in total. The molecule has 0 atom stereocenters. The van der Waals surface area contributed by atoms with Crippen LogP contribution in [0.4, 0.5) is 5.82 Å². The van der Waals surface area contributed by atoms with Crippen LogP contribution in [0.2, 0.25) is 0 Å². The van der Waals surface area contributed by atoms with Crippen molar-refractivity contribution in [3.8, 4) is 0 Å². The van der Waals surface area contributed by atoms with Gasteiger partial charge in [-0.3, -0.25) is 4.98 Å². The van der Waals surface area contributed by atoms with Gasteiger partial charge in [0.25, 0.3) is 5.82 Å². The molecule has 0 aliphatic heterocycles. The number of hydrogen-bond donors (Lipinski definition) is 0. The first-order chi connectivity index (χ1) is 7.52. The molecular weight excluding hydrogens is 198 g/mol. The molecule has 3 heteroatoms. The third-order valence-electron chi connectivity index (χ3n) is 2.37. The average molecular weight is 211 g/mol. The minimum absolute atomic E-state index is 0.156. The van der Waals surface area contributed by atoms with Crippen molar-refractivity contribution in [3.05, 3.63) is 41.4 Å². The summed E-state index contributed by atoms with van der Waals surface area (Å²) in [5.41, 5.74) is 2.24.